The van der Waals surface area contributed by atoms with Crippen LogP contribution in [0.5, 0.6) is 0 Å². The molecule has 0 radical (unpaired) electrons. The predicted octanol–water partition coefficient (Wildman–Crippen LogP) is 7.00. The fraction of sp³-hybridized carbons (Fsp3) is 0.250. The quantitative estimate of drug-likeness (QED) is 0.237. The second kappa shape index (κ2) is 8.51. The topological polar surface area (TPSA) is 63.3 Å². The summed E-state index contributed by atoms with van der Waals surface area (Å²) >= 11 is 1.84. The molecule has 1 unspecified atom stereocenters. The molecule has 10 heteroatoms. The maximum Gasteiger partial charge on any atom is 0.422 e. The Morgan fingerprint density at radius 1 is 1.03 bits per heavy atom. The Labute approximate surface area is 200 Å². The summed E-state index contributed by atoms with van der Waals surface area (Å²) in [5.41, 5.74) is -3.68. The maximum atomic E-state index is 13.8. The summed E-state index contributed by atoms with van der Waals surface area (Å²) in [4.78, 5) is 16.5. The number of aromatic nitrogens is 1. The van der Waals surface area contributed by atoms with Crippen molar-refractivity contribution >= 4 is 34.1 Å². The van der Waals surface area contributed by atoms with Crippen molar-refractivity contribution in [1.82, 2.24) is 4.98 Å². The predicted molar refractivity (Wildman–Crippen MR) is 124 cm³/mol. The summed E-state index contributed by atoms with van der Waals surface area (Å²) in [5, 5.41) is 11.2. The van der Waals surface area contributed by atoms with Gasteiger partial charge in [-0.3, -0.25) is 0 Å². The average molecular weight is 510 g/mol. The minimum Gasteiger partial charge on any atom is -0.423 e. The van der Waals surface area contributed by atoms with Crippen molar-refractivity contribution in [3.63, 3.8) is 0 Å². The zero-order valence-corrected chi connectivity index (χ0v) is 19.9. The first-order valence-corrected chi connectivity index (χ1v) is 11.7. The first-order chi connectivity index (χ1) is 15.8. The van der Waals surface area contributed by atoms with Crippen molar-refractivity contribution in [2.24, 2.45) is 5.41 Å². The molecule has 2 aromatic heterocycles. The highest BCUT2D eigenvalue weighted by Gasteiger charge is 2.62. The standard InChI is InChI=1S/C24H19F4NO3S2/c1-22(2,3)23(31,24(26,27)28)19-12-29-21(34-19)33-15-8-9-16-17(11-20(30)32-18(16)10-15)13-4-6-14(25)7-5-13/h4-12,31H,1-3H3. The lowest BCUT2D eigenvalue weighted by atomic mass is 9.75. The van der Waals surface area contributed by atoms with Crippen molar-refractivity contribution in [3.8, 4) is 11.1 Å². The second-order valence-corrected chi connectivity index (χ2v) is 11.0. The molecular formula is C24H19F4NO3S2. The lowest BCUT2D eigenvalue weighted by Gasteiger charge is -2.40. The van der Waals surface area contributed by atoms with Crippen LogP contribution in [0.15, 0.2) is 73.2 Å². The van der Waals surface area contributed by atoms with Crippen LogP contribution in [0.1, 0.15) is 25.6 Å². The third-order valence-corrected chi connectivity index (χ3v) is 7.58. The lowest BCUT2D eigenvalue weighted by Crippen LogP contribution is -2.51. The van der Waals surface area contributed by atoms with Gasteiger partial charge >= 0.3 is 11.8 Å². The van der Waals surface area contributed by atoms with Gasteiger partial charge in [-0.25, -0.2) is 14.2 Å². The molecule has 2 aromatic carbocycles. The van der Waals surface area contributed by atoms with Gasteiger partial charge in [0, 0.05) is 28.0 Å². The summed E-state index contributed by atoms with van der Waals surface area (Å²) < 4.78 is 60.3. The molecule has 0 aliphatic carbocycles. The van der Waals surface area contributed by atoms with E-state index >= 15 is 0 Å². The summed E-state index contributed by atoms with van der Waals surface area (Å²) in [5.74, 6) is -0.401. The van der Waals surface area contributed by atoms with Crippen molar-refractivity contribution < 1.29 is 27.1 Å². The van der Waals surface area contributed by atoms with E-state index in [1.54, 1.807) is 30.3 Å². The molecule has 4 nitrogen and oxygen atoms in total. The Morgan fingerprint density at radius 2 is 1.71 bits per heavy atom. The number of thiazole rings is 1. The van der Waals surface area contributed by atoms with E-state index in [0.29, 0.717) is 25.7 Å². The van der Waals surface area contributed by atoms with E-state index in [1.165, 1.54) is 39.0 Å². The minimum atomic E-state index is -4.89. The van der Waals surface area contributed by atoms with Crippen molar-refractivity contribution in [1.29, 1.82) is 0 Å². The van der Waals surface area contributed by atoms with Gasteiger partial charge in [0.15, 0.2) is 4.34 Å². The van der Waals surface area contributed by atoms with Gasteiger partial charge in [-0.2, -0.15) is 13.2 Å². The van der Waals surface area contributed by atoms with Gasteiger partial charge < -0.3 is 9.52 Å². The first-order valence-electron chi connectivity index (χ1n) is 10.1. The third kappa shape index (κ3) is 4.37. The Balaban J connectivity index is 1.70. The molecule has 0 saturated heterocycles. The molecule has 0 fully saturated rings. The smallest absolute Gasteiger partial charge is 0.422 e. The van der Waals surface area contributed by atoms with Crippen molar-refractivity contribution in [2.45, 2.75) is 41.8 Å². The van der Waals surface area contributed by atoms with Gasteiger partial charge in [-0.15, -0.1) is 11.3 Å². The molecule has 0 bridgehead atoms. The monoisotopic (exact) mass is 509 g/mol. The zero-order valence-electron chi connectivity index (χ0n) is 18.2. The van der Waals surface area contributed by atoms with Gasteiger partial charge in [0.1, 0.15) is 11.4 Å². The van der Waals surface area contributed by atoms with Gasteiger partial charge in [0.2, 0.25) is 5.60 Å². The molecule has 4 aromatic rings. The van der Waals surface area contributed by atoms with Crippen LogP contribution in [-0.2, 0) is 5.60 Å². The highest BCUT2D eigenvalue weighted by molar-refractivity contribution is 8.01. The van der Waals surface area contributed by atoms with E-state index in [0.717, 1.165) is 29.3 Å². The Morgan fingerprint density at radius 3 is 2.32 bits per heavy atom. The third-order valence-electron chi connectivity index (χ3n) is 5.41. The largest absolute Gasteiger partial charge is 0.423 e. The van der Waals surface area contributed by atoms with Crippen molar-refractivity contribution in [2.75, 3.05) is 0 Å². The molecule has 178 valence electrons. The summed E-state index contributed by atoms with van der Waals surface area (Å²) in [6.45, 7) is 3.95. The highest BCUT2D eigenvalue weighted by atomic mass is 32.2. The van der Waals surface area contributed by atoms with E-state index in [-0.39, 0.29) is 10.5 Å². The van der Waals surface area contributed by atoms with Crippen LogP contribution >= 0.6 is 23.1 Å². The molecule has 34 heavy (non-hydrogen) atoms. The summed E-state index contributed by atoms with van der Waals surface area (Å²) in [7, 11) is 0. The minimum absolute atomic E-state index is 0.273. The fourth-order valence-electron chi connectivity index (χ4n) is 3.58. The van der Waals surface area contributed by atoms with E-state index in [4.69, 9.17) is 4.42 Å². The maximum absolute atomic E-state index is 13.8. The molecular weight excluding hydrogens is 490 g/mol. The summed E-state index contributed by atoms with van der Waals surface area (Å²) in [6.07, 6.45) is -3.84. The molecule has 0 aliphatic rings. The number of nitrogens with zero attached hydrogens (tertiary/aromatic N) is 1. The number of benzene rings is 2. The van der Waals surface area contributed by atoms with Gasteiger partial charge in [-0.05, 0) is 41.5 Å². The van der Waals surface area contributed by atoms with Gasteiger partial charge in [0.05, 0.1) is 4.88 Å². The molecule has 0 amide bonds. The molecule has 0 spiro atoms. The first kappa shape index (κ1) is 24.4. The molecule has 1 N–H and O–H groups in total. The Bertz CT molecular complexity index is 1390. The van der Waals surface area contributed by atoms with Gasteiger partial charge in [-0.1, -0.05) is 44.7 Å². The second-order valence-electron chi connectivity index (χ2n) is 8.69. The number of alkyl halides is 3. The number of rotatable bonds is 4. The van der Waals surface area contributed by atoms with Crippen LogP contribution in [0.3, 0.4) is 0 Å². The number of hydrogen-bond acceptors (Lipinski definition) is 6. The van der Waals surface area contributed by atoms with Crippen LogP contribution in [0.4, 0.5) is 17.6 Å². The van der Waals surface area contributed by atoms with Crippen LogP contribution in [-0.4, -0.2) is 16.3 Å². The molecule has 0 saturated carbocycles. The van der Waals surface area contributed by atoms with E-state index in [9.17, 15) is 27.5 Å². The molecule has 0 aliphatic heterocycles. The lowest BCUT2D eigenvalue weighted by molar-refractivity contribution is -0.300. The average Bonchev–Trinajstić information content (AvgIpc) is 3.20. The normalized spacial score (nSPS) is 14.4. The van der Waals surface area contributed by atoms with Gasteiger partial charge in [0.25, 0.3) is 0 Å². The van der Waals surface area contributed by atoms with E-state index < -0.39 is 28.6 Å². The highest BCUT2D eigenvalue weighted by Crippen LogP contribution is 2.52. The fourth-order valence-corrected chi connectivity index (χ4v) is 5.89. The van der Waals surface area contributed by atoms with Crippen LogP contribution in [0, 0.1) is 11.2 Å². The Hall–Kier alpha value is -2.69. The van der Waals surface area contributed by atoms with Crippen LogP contribution < -0.4 is 5.63 Å². The summed E-state index contributed by atoms with van der Waals surface area (Å²) in [6, 6.07) is 12.0. The Kier molecular flexibility index (Phi) is 6.12. The number of aliphatic hydroxyl groups is 1. The zero-order chi connectivity index (χ0) is 24.9. The number of fused-ring (bicyclic) bond motifs is 1. The SMILES string of the molecule is CC(C)(C)C(O)(c1cnc(Sc2ccc3c(-c4ccc(F)cc4)cc(=O)oc3c2)s1)C(F)(F)F. The molecule has 2 heterocycles. The van der Waals surface area contributed by atoms with E-state index in [1.807, 2.05) is 0 Å². The van der Waals surface area contributed by atoms with E-state index in [2.05, 4.69) is 4.98 Å². The number of hydrogen-bond donors (Lipinski definition) is 1. The van der Waals surface area contributed by atoms with Crippen LogP contribution in [0.25, 0.3) is 22.1 Å². The molecule has 4 rings (SSSR count). The van der Waals surface area contributed by atoms with Crippen molar-refractivity contribution in [3.05, 3.63) is 75.8 Å². The number of halogens is 4. The molecule has 1 atom stereocenters. The van der Waals surface area contributed by atoms with Crippen LogP contribution in [0.2, 0.25) is 0 Å².